The highest BCUT2D eigenvalue weighted by Crippen LogP contribution is 2.38. The SMILES string of the molecule is O=C1/C(=C\c2c(N3CCCc4ccccc43)nc3ccccn3c2=O)SC(=S)N1Cc1ccc2c(c1)OCO2. The molecule has 2 aromatic carbocycles. The van der Waals surface area contributed by atoms with E-state index in [2.05, 4.69) is 17.0 Å². The van der Waals surface area contributed by atoms with E-state index in [4.69, 9.17) is 26.7 Å². The van der Waals surface area contributed by atoms with Crippen molar-refractivity contribution in [3.63, 3.8) is 0 Å². The molecular weight excluding hydrogens is 532 g/mol. The first-order valence-electron chi connectivity index (χ1n) is 12.6. The summed E-state index contributed by atoms with van der Waals surface area (Å²) >= 11 is 6.79. The fourth-order valence-electron chi connectivity index (χ4n) is 5.17. The molecule has 7 rings (SSSR count). The van der Waals surface area contributed by atoms with Gasteiger partial charge in [0, 0.05) is 18.4 Å². The Hall–Kier alpha value is -4.15. The van der Waals surface area contributed by atoms with Crippen LogP contribution >= 0.6 is 24.0 Å². The summed E-state index contributed by atoms with van der Waals surface area (Å²) in [6.07, 6.45) is 5.25. The molecule has 0 saturated carbocycles. The van der Waals surface area contributed by atoms with Gasteiger partial charge in [0.15, 0.2) is 11.5 Å². The number of hydrogen-bond acceptors (Lipinski definition) is 8. The monoisotopic (exact) mass is 554 g/mol. The van der Waals surface area contributed by atoms with Crippen LogP contribution in [0.5, 0.6) is 11.5 Å². The maximum atomic E-state index is 13.8. The molecule has 0 spiro atoms. The van der Waals surface area contributed by atoms with Crippen LogP contribution < -0.4 is 19.9 Å². The molecule has 0 radical (unpaired) electrons. The van der Waals surface area contributed by atoms with Gasteiger partial charge in [0.1, 0.15) is 15.8 Å². The standard InChI is InChI=1S/C29H22N4O4S2/c34-27-20(15-24-28(35)33(29(38)39-24)16-18-10-11-22-23(14-18)37-17-36-22)26(30-25-9-3-4-12-32(25)27)31-13-5-7-19-6-1-2-8-21(19)31/h1-4,6,8-12,14-15H,5,7,13,16-17H2/b24-15+. The average molecular weight is 555 g/mol. The number of thiocarbonyl (C=S) groups is 1. The van der Waals surface area contributed by atoms with Gasteiger partial charge in [-0.2, -0.15) is 0 Å². The molecule has 3 aliphatic rings. The molecule has 0 N–H and O–H groups in total. The van der Waals surface area contributed by atoms with Gasteiger partial charge in [0.25, 0.3) is 11.5 Å². The number of pyridine rings is 1. The van der Waals surface area contributed by atoms with E-state index in [0.29, 0.717) is 44.3 Å². The molecule has 1 fully saturated rings. The minimum atomic E-state index is -0.245. The molecule has 8 nitrogen and oxygen atoms in total. The molecule has 4 aromatic rings. The molecule has 0 aliphatic carbocycles. The first-order chi connectivity index (χ1) is 19.1. The second kappa shape index (κ2) is 9.55. The Morgan fingerprint density at radius 1 is 1.03 bits per heavy atom. The molecule has 3 aliphatic heterocycles. The molecule has 194 valence electrons. The van der Waals surface area contributed by atoms with Gasteiger partial charge < -0.3 is 14.4 Å². The van der Waals surface area contributed by atoms with Crippen LogP contribution in [0.1, 0.15) is 23.1 Å². The first-order valence-corrected chi connectivity index (χ1v) is 13.8. The third-order valence-electron chi connectivity index (χ3n) is 7.04. The van der Waals surface area contributed by atoms with Gasteiger partial charge in [0.2, 0.25) is 6.79 Å². The fraction of sp³-hybridized carbons (Fsp3) is 0.172. The minimum Gasteiger partial charge on any atom is -0.454 e. The maximum absolute atomic E-state index is 13.8. The number of thioether (sulfide) groups is 1. The third kappa shape index (κ3) is 4.16. The van der Waals surface area contributed by atoms with Crippen molar-refractivity contribution in [3.8, 4) is 11.5 Å². The average Bonchev–Trinajstić information content (AvgIpc) is 3.53. The Kier molecular flexibility index (Phi) is 5.86. The Morgan fingerprint density at radius 3 is 2.79 bits per heavy atom. The van der Waals surface area contributed by atoms with Gasteiger partial charge in [-0.3, -0.25) is 18.9 Å². The van der Waals surface area contributed by atoms with Gasteiger partial charge >= 0.3 is 0 Å². The van der Waals surface area contributed by atoms with E-state index in [1.165, 1.54) is 21.7 Å². The minimum absolute atomic E-state index is 0.182. The molecule has 0 bridgehead atoms. The molecule has 1 amide bonds. The summed E-state index contributed by atoms with van der Waals surface area (Å²) in [5.74, 6) is 1.62. The van der Waals surface area contributed by atoms with Crippen LogP contribution in [0.3, 0.4) is 0 Å². The van der Waals surface area contributed by atoms with Gasteiger partial charge in [-0.1, -0.05) is 54.3 Å². The molecule has 39 heavy (non-hydrogen) atoms. The highest BCUT2D eigenvalue weighted by Gasteiger charge is 2.34. The van der Waals surface area contributed by atoms with Crippen LogP contribution in [0.25, 0.3) is 11.7 Å². The zero-order chi connectivity index (χ0) is 26.5. The summed E-state index contributed by atoms with van der Waals surface area (Å²) in [5, 5.41) is 0. The lowest BCUT2D eigenvalue weighted by molar-refractivity contribution is -0.122. The van der Waals surface area contributed by atoms with Crippen LogP contribution in [0.2, 0.25) is 0 Å². The van der Waals surface area contributed by atoms with Crippen LogP contribution in [-0.4, -0.2) is 37.8 Å². The number of nitrogens with zero attached hydrogens (tertiary/aromatic N) is 4. The lowest BCUT2D eigenvalue weighted by Gasteiger charge is -2.31. The number of carbonyl (C=O) groups is 1. The topological polar surface area (TPSA) is 76.4 Å². The summed E-state index contributed by atoms with van der Waals surface area (Å²) in [6, 6.07) is 19.2. The number of aryl methyl sites for hydroxylation is 1. The number of benzene rings is 2. The highest BCUT2D eigenvalue weighted by atomic mass is 32.2. The lowest BCUT2D eigenvalue weighted by Crippen LogP contribution is -2.30. The second-order valence-electron chi connectivity index (χ2n) is 9.42. The molecule has 5 heterocycles. The van der Waals surface area contributed by atoms with Crippen molar-refractivity contribution in [2.75, 3.05) is 18.2 Å². The second-order valence-corrected chi connectivity index (χ2v) is 11.1. The number of carbonyl (C=O) groups excluding carboxylic acids is 1. The predicted octanol–water partition coefficient (Wildman–Crippen LogP) is 4.91. The Morgan fingerprint density at radius 2 is 1.87 bits per heavy atom. The van der Waals surface area contributed by atoms with E-state index in [-0.39, 0.29) is 18.3 Å². The molecule has 1 saturated heterocycles. The number of para-hydroxylation sites is 1. The molecule has 0 unspecified atom stereocenters. The van der Waals surface area contributed by atoms with Gasteiger partial charge in [0.05, 0.1) is 17.0 Å². The van der Waals surface area contributed by atoms with Crippen LogP contribution in [0, 0.1) is 0 Å². The van der Waals surface area contributed by atoms with Gasteiger partial charge in [-0.15, -0.1) is 0 Å². The summed E-state index contributed by atoms with van der Waals surface area (Å²) in [6.45, 7) is 1.19. The van der Waals surface area contributed by atoms with E-state index >= 15 is 0 Å². The van der Waals surface area contributed by atoms with E-state index in [9.17, 15) is 9.59 Å². The number of amides is 1. The van der Waals surface area contributed by atoms with Crippen molar-refractivity contribution in [3.05, 3.63) is 98.8 Å². The number of ether oxygens (including phenoxy) is 2. The van der Waals surface area contributed by atoms with Crippen LogP contribution in [-0.2, 0) is 17.8 Å². The number of hydrogen-bond donors (Lipinski definition) is 0. The fourth-order valence-corrected chi connectivity index (χ4v) is 6.40. The number of anilines is 2. The zero-order valence-electron chi connectivity index (χ0n) is 20.7. The first kappa shape index (κ1) is 23.9. The maximum Gasteiger partial charge on any atom is 0.267 e. The molecule has 2 aromatic heterocycles. The van der Waals surface area contributed by atoms with Gasteiger partial charge in [-0.05, 0) is 60.4 Å². The number of fused-ring (bicyclic) bond motifs is 3. The molecular formula is C29H22N4O4S2. The Bertz CT molecular complexity index is 1770. The molecule has 0 atom stereocenters. The smallest absolute Gasteiger partial charge is 0.267 e. The zero-order valence-corrected chi connectivity index (χ0v) is 22.3. The predicted molar refractivity (Wildman–Crippen MR) is 155 cm³/mol. The van der Waals surface area contributed by atoms with Gasteiger partial charge in [-0.25, -0.2) is 4.98 Å². The quantitative estimate of drug-likeness (QED) is 0.260. The largest absolute Gasteiger partial charge is 0.454 e. The summed E-state index contributed by atoms with van der Waals surface area (Å²) in [4.78, 5) is 36.3. The molecule has 10 heteroatoms. The van der Waals surface area contributed by atoms with E-state index in [1.807, 2.05) is 42.5 Å². The van der Waals surface area contributed by atoms with Crippen molar-refractivity contribution in [2.24, 2.45) is 0 Å². The normalized spacial score (nSPS) is 17.4. The highest BCUT2D eigenvalue weighted by molar-refractivity contribution is 8.26. The number of aromatic nitrogens is 2. The van der Waals surface area contributed by atoms with Crippen molar-refractivity contribution in [2.45, 2.75) is 19.4 Å². The Balaban J connectivity index is 1.30. The van der Waals surface area contributed by atoms with E-state index < -0.39 is 0 Å². The lowest BCUT2D eigenvalue weighted by atomic mass is 10.0. The van der Waals surface area contributed by atoms with Crippen molar-refractivity contribution in [1.82, 2.24) is 14.3 Å². The summed E-state index contributed by atoms with van der Waals surface area (Å²) < 4.78 is 12.8. The Labute approximate surface area is 233 Å². The van der Waals surface area contributed by atoms with E-state index in [1.54, 1.807) is 23.2 Å². The number of rotatable bonds is 4. The van der Waals surface area contributed by atoms with Crippen molar-refractivity contribution in [1.29, 1.82) is 0 Å². The van der Waals surface area contributed by atoms with Crippen LogP contribution in [0.4, 0.5) is 11.5 Å². The van der Waals surface area contributed by atoms with Crippen molar-refractivity contribution < 1.29 is 14.3 Å². The summed E-state index contributed by atoms with van der Waals surface area (Å²) in [5.41, 5.74) is 3.78. The third-order valence-corrected chi connectivity index (χ3v) is 8.42. The summed E-state index contributed by atoms with van der Waals surface area (Å²) in [7, 11) is 0. The van der Waals surface area contributed by atoms with Crippen molar-refractivity contribution >= 4 is 57.4 Å². The van der Waals surface area contributed by atoms with E-state index in [0.717, 1.165) is 30.6 Å². The van der Waals surface area contributed by atoms with Crippen LogP contribution in [0.15, 0.2) is 76.6 Å².